The van der Waals surface area contributed by atoms with Crippen molar-refractivity contribution >= 4 is 0 Å². The van der Waals surface area contributed by atoms with Gasteiger partial charge in [-0.15, -0.1) is 0 Å². The Kier molecular flexibility index (Phi) is 4.92. The Labute approximate surface area is 155 Å². The smallest absolute Gasteiger partial charge is 0.139 e. The molecule has 0 bridgehead atoms. The molecule has 1 fully saturated rings. The summed E-state index contributed by atoms with van der Waals surface area (Å²) in [6.07, 6.45) is 4.44. The van der Waals surface area contributed by atoms with Gasteiger partial charge in [-0.25, -0.2) is 0 Å². The van der Waals surface area contributed by atoms with E-state index in [0.29, 0.717) is 11.6 Å². The highest BCUT2D eigenvalue weighted by atomic mass is 16.5. The number of rotatable bonds is 3. The molecular weight excluding hydrogens is 322 g/mol. The minimum Gasteiger partial charge on any atom is -0.484 e. The van der Waals surface area contributed by atoms with Gasteiger partial charge in [-0.3, -0.25) is 4.90 Å². The highest BCUT2D eigenvalue weighted by Crippen LogP contribution is 2.37. The molecule has 0 radical (unpaired) electrons. The first-order valence-electron chi connectivity index (χ1n) is 9.49. The van der Waals surface area contributed by atoms with Crippen LogP contribution >= 0.6 is 0 Å². The molecule has 2 aromatic rings. The summed E-state index contributed by atoms with van der Waals surface area (Å²) in [6.45, 7) is 2.04. The Morgan fingerprint density at radius 3 is 2.65 bits per heavy atom. The number of hydrogen-bond donors (Lipinski definition) is 1. The maximum Gasteiger partial charge on any atom is 0.139 e. The minimum atomic E-state index is -0.00168. The van der Waals surface area contributed by atoms with Gasteiger partial charge in [0.1, 0.15) is 11.9 Å². The van der Waals surface area contributed by atoms with Gasteiger partial charge >= 0.3 is 0 Å². The van der Waals surface area contributed by atoms with Gasteiger partial charge in [0.15, 0.2) is 0 Å². The monoisotopic (exact) mass is 347 g/mol. The topological polar surface area (TPSA) is 62.3 Å². The predicted octanol–water partition coefficient (Wildman–Crippen LogP) is 3.42. The van der Waals surface area contributed by atoms with Crippen LogP contribution < -0.4 is 10.5 Å². The van der Waals surface area contributed by atoms with Gasteiger partial charge in [-0.05, 0) is 67.6 Å². The van der Waals surface area contributed by atoms with Gasteiger partial charge in [0.25, 0.3) is 0 Å². The second-order valence-corrected chi connectivity index (χ2v) is 7.38. The summed E-state index contributed by atoms with van der Waals surface area (Å²) in [4.78, 5) is 2.53. The third-order valence-corrected chi connectivity index (χ3v) is 5.63. The Morgan fingerprint density at radius 1 is 1.08 bits per heavy atom. The number of nitriles is 1. The van der Waals surface area contributed by atoms with E-state index in [1.807, 2.05) is 24.3 Å². The van der Waals surface area contributed by atoms with Crippen molar-refractivity contribution < 1.29 is 4.74 Å². The minimum absolute atomic E-state index is 0.00168. The number of nitrogens with two attached hydrogens (primary N) is 1. The Morgan fingerprint density at radius 2 is 1.88 bits per heavy atom. The van der Waals surface area contributed by atoms with Gasteiger partial charge in [0.2, 0.25) is 0 Å². The van der Waals surface area contributed by atoms with Gasteiger partial charge in [-0.1, -0.05) is 24.3 Å². The van der Waals surface area contributed by atoms with E-state index in [1.165, 1.54) is 11.1 Å². The fourth-order valence-corrected chi connectivity index (χ4v) is 4.31. The predicted molar refractivity (Wildman–Crippen MR) is 102 cm³/mol. The molecule has 4 rings (SSSR count). The van der Waals surface area contributed by atoms with Crippen LogP contribution in [-0.2, 0) is 6.42 Å². The van der Waals surface area contributed by atoms with Gasteiger partial charge < -0.3 is 10.5 Å². The second kappa shape index (κ2) is 7.49. The van der Waals surface area contributed by atoms with Crippen LogP contribution in [0.15, 0.2) is 48.5 Å². The van der Waals surface area contributed by atoms with Crippen LogP contribution in [0, 0.1) is 11.3 Å². The molecule has 4 heteroatoms. The molecule has 0 unspecified atom stereocenters. The fourth-order valence-electron chi connectivity index (χ4n) is 4.31. The molecule has 1 aliphatic carbocycles. The number of aryl methyl sites for hydroxylation is 1. The van der Waals surface area contributed by atoms with Crippen LogP contribution in [0.1, 0.15) is 42.1 Å². The molecule has 2 aromatic carbocycles. The van der Waals surface area contributed by atoms with Crippen LogP contribution in [0.25, 0.3) is 0 Å². The first kappa shape index (κ1) is 17.1. The zero-order chi connectivity index (χ0) is 17.9. The molecule has 1 aliphatic heterocycles. The van der Waals surface area contributed by atoms with Crippen LogP contribution in [-0.4, -0.2) is 30.1 Å². The van der Waals surface area contributed by atoms with Gasteiger partial charge in [-0.2, -0.15) is 5.26 Å². The highest BCUT2D eigenvalue weighted by Gasteiger charge is 2.36. The lowest BCUT2D eigenvalue weighted by molar-refractivity contribution is 0.0367. The Hall–Kier alpha value is -2.35. The lowest BCUT2D eigenvalue weighted by Gasteiger charge is -2.43. The van der Waals surface area contributed by atoms with E-state index in [1.54, 1.807) is 0 Å². The van der Waals surface area contributed by atoms with Gasteiger partial charge in [0.05, 0.1) is 17.7 Å². The van der Waals surface area contributed by atoms with E-state index >= 15 is 0 Å². The SMILES string of the molecule is N#Cc1ccc(O[C@H]2c3ccccc3CC[C@@H]2N2CCC[C@@H](N)C2)cc1. The number of piperidine rings is 1. The molecule has 2 aliphatic rings. The number of fused-ring (bicyclic) bond motifs is 1. The first-order valence-corrected chi connectivity index (χ1v) is 9.49. The van der Waals surface area contributed by atoms with Crippen LogP contribution in [0.3, 0.4) is 0 Å². The average molecular weight is 347 g/mol. The summed E-state index contributed by atoms with van der Waals surface area (Å²) in [5, 5.41) is 9.01. The summed E-state index contributed by atoms with van der Waals surface area (Å²) >= 11 is 0. The second-order valence-electron chi connectivity index (χ2n) is 7.38. The van der Waals surface area contributed by atoms with Crippen LogP contribution in [0.2, 0.25) is 0 Å². The molecule has 0 aromatic heterocycles. The van der Waals surface area contributed by atoms with Crippen molar-refractivity contribution in [1.29, 1.82) is 5.26 Å². The third kappa shape index (κ3) is 3.46. The summed E-state index contributed by atoms with van der Waals surface area (Å²) < 4.78 is 6.49. The summed E-state index contributed by atoms with van der Waals surface area (Å²) in [7, 11) is 0. The quantitative estimate of drug-likeness (QED) is 0.924. The first-order chi connectivity index (χ1) is 12.7. The Balaban J connectivity index is 1.63. The van der Waals surface area contributed by atoms with E-state index in [0.717, 1.165) is 44.5 Å². The van der Waals surface area contributed by atoms with E-state index < -0.39 is 0 Å². The summed E-state index contributed by atoms with van der Waals surface area (Å²) in [6, 6.07) is 18.8. The van der Waals surface area contributed by atoms with Crippen molar-refractivity contribution in [2.24, 2.45) is 5.73 Å². The van der Waals surface area contributed by atoms with Crippen molar-refractivity contribution in [2.45, 2.75) is 43.9 Å². The largest absolute Gasteiger partial charge is 0.484 e. The molecule has 1 heterocycles. The lowest BCUT2D eigenvalue weighted by Crippen LogP contribution is -2.51. The molecule has 4 nitrogen and oxygen atoms in total. The summed E-state index contributed by atoms with van der Waals surface area (Å²) in [5.74, 6) is 0.817. The van der Waals surface area contributed by atoms with Crippen molar-refractivity contribution in [3.05, 3.63) is 65.2 Å². The molecule has 1 saturated heterocycles. The van der Waals surface area contributed by atoms with Crippen molar-refractivity contribution in [3.63, 3.8) is 0 Å². The number of ether oxygens (including phenoxy) is 1. The van der Waals surface area contributed by atoms with E-state index in [9.17, 15) is 0 Å². The molecule has 134 valence electrons. The lowest BCUT2D eigenvalue weighted by atomic mass is 9.84. The third-order valence-electron chi connectivity index (χ3n) is 5.63. The van der Waals surface area contributed by atoms with Gasteiger partial charge in [0, 0.05) is 12.6 Å². The molecule has 3 atom stereocenters. The number of nitrogens with zero attached hydrogens (tertiary/aromatic N) is 2. The molecular formula is C22H25N3O. The standard InChI is InChI=1S/C22H25N3O/c23-14-16-7-10-19(11-8-16)26-22-20-6-2-1-4-17(20)9-12-21(22)25-13-3-5-18(24)15-25/h1-2,4,6-8,10-11,18,21-22H,3,5,9,12-13,15,24H2/t18-,21+,22+/m1/s1. The van der Waals surface area contributed by atoms with Crippen molar-refractivity contribution in [1.82, 2.24) is 4.90 Å². The van der Waals surface area contributed by atoms with Crippen molar-refractivity contribution in [3.8, 4) is 11.8 Å². The molecule has 2 N–H and O–H groups in total. The normalized spacial score (nSPS) is 25.9. The molecule has 0 amide bonds. The molecule has 0 saturated carbocycles. The van der Waals surface area contributed by atoms with Crippen molar-refractivity contribution in [2.75, 3.05) is 13.1 Å². The van der Waals surface area contributed by atoms with E-state index in [-0.39, 0.29) is 12.1 Å². The van der Waals surface area contributed by atoms with Crippen LogP contribution in [0.4, 0.5) is 0 Å². The summed E-state index contributed by atoms with van der Waals surface area (Å²) in [5.41, 5.74) is 9.56. The van der Waals surface area contributed by atoms with E-state index in [2.05, 4.69) is 35.2 Å². The number of likely N-dealkylation sites (tertiary alicyclic amines) is 1. The van der Waals surface area contributed by atoms with E-state index in [4.69, 9.17) is 15.7 Å². The average Bonchev–Trinajstić information content (AvgIpc) is 2.69. The molecule has 26 heavy (non-hydrogen) atoms. The van der Waals surface area contributed by atoms with Crippen LogP contribution in [0.5, 0.6) is 5.75 Å². The number of hydrogen-bond acceptors (Lipinski definition) is 4. The zero-order valence-electron chi connectivity index (χ0n) is 15.0. The highest BCUT2D eigenvalue weighted by molar-refractivity contribution is 5.37. The zero-order valence-corrected chi connectivity index (χ0v) is 15.0. The fraction of sp³-hybridized carbons (Fsp3) is 0.409. The maximum absolute atomic E-state index is 9.01. The molecule has 0 spiro atoms. The number of benzene rings is 2. The maximum atomic E-state index is 9.01. The Bertz CT molecular complexity index is 796.